The van der Waals surface area contributed by atoms with Gasteiger partial charge in [-0.25, -0.2) is 9.59 Å². The maximum atomic E-state index is 12.7. The maximum absolute atomic E-state index is 12.7. The first-order valence-corrected chi connectivity index (χ1v) is 11.7. The van der Waals surface area contributed by atoms with Crippen molar-refractivity contribution in [3.8, 4) is 11.1 Å². The summed E-state index contributed by atoms with van der Waals surface area (Å²) < 4.78 is 5.62. The highest BCUT2D eigenvalue weighted by Gasteiger charge is 2.33. The van der Waals surface area contributed by atoms with Gasteiger partial charge in [0.05, 0.1) is 0 Å². The van der Waals surface area contributed by atoms with Crippen molar-refractivity contribution in [2.24, 2.45) is 5.92 Å². The number of rotatable bonds is 10. The van der Waals surface area contributed by atoms with Gasteiger partial charge >= 0.3 is 12.1 Å². The second-order valence-electron chi connectivity index (χ2n) is 8.94. The Balaban J connectivity index is 1.37. The Morgan fingerprint density at radius 1 is 0.971 bits per heavy atom. The number of alkyl carbamates (subject to hydrolysis) is 1. The zero-order valence-corrected chi connectivity index (χ0v) is 18.9. The van der Waals surface area contributed by atoms with E-state index < -0.39 is 30.1 Å². The maximum Gasteiger partial charge on any atom is 0.407 e. The molecular weight excluding hydrogens is 436 g/mol. The number of fused-ring (bicyclic) bond motifs is 3. The first kappa shape index (κ1) is 23.8. The molecule has 4 rings (SSSR count). The quantitative estimate of drug-likeness (QED) is 0.427. The number of hydrogen-bond acceptors (Lipinski definition) is 5. The second kappa shape index (κ2) is 10.7. The van der Waals surface area contributed by atoms with Crippen molar-refractivity contribution < 1.29 is 29.3 Å². The number of amides is 2. The number of ether oxygens (including phenoxy) is 1. The van der Waals surface area contributed by atoms with Crippen LogP contribution in [0.3, 0.4) is 0 Å². The van der Waals surface area contributed by atoms with Gasteiger partial charge < -0.3 is 25.6 Å². The molecule has 2 amide bonds. The van der Waals surface area contributed by atoms with Gasteiger partial charge in [0.25, 0.3) is 0 Å². The number of carboxylic acid groups (broad SMARTS) is 1. The molecule has 0 aromatic heterocycles. The van der Waals surface area contributed by atoms with Crippen LogP contribution in [0.25, 0.3) is 11.1 Å². The summed E-state index contributed by atoms with van der Waals surface area (Å²) in [6.07, 6.45) is 2.11. The van der Waals surface area contributed by atoms with Crippen LogP contribution in [0.2, 0.25) is 0 Å². The number of aliphatic hydroxyl groups is 1. The van der Waals surface area contributed by atoms with Crippen molar-refractivity contribution in [2.45, 2.75) is 50.1 Å². The number of carboxylic acids is 1. The van der Waals surface area contributed by atoms with Crippen LogP contribution in [0.5, 0.6) is 0 Å². The molecule has 4 N–H and O–H groups in total. The van der Waals surface area contributed by atoms with Crippen molar-refractivity contribution in [1.82, 2.24) is 10.6 Å². The van der Waals surface area contributed by atoms with Crippen LogP contribution in [0, 0.1) is 5.92 Å². The zero-order chi connectivity index (χ0) is 24.1. The molecule has 0 aliphatic heterocycles. The van der Waals surface area contributed by atoms with E-state index in [1.165, 1.54) is 0 Å². The lowest BCUT2D eigenvalue weighted by atomic mass is 9.78. The highest BCUT2D eigenvalue weighted by Crippen LogP contribution is 2.44. The molecule has 2 atom stereocenters. The number of aliphatic hydroxyl groups excluding tert-OH is 1. The Morgan fingerprint density at radius 3 is 2.12 bits per heavy atom. The molecule has 0 saturated heterocycles. The summed E-state index contributed by atoms with van der Waals surface area (Å²) in [6.45, 7) is -0.164. The molecule has 1 fully saturated rings. The molecule has 34 heavy (non-hydrogen) atoms. The Bertz CT molecular complexity index is 1010. The number of benzene rings is 2. The summed E-state index contributed by atoms with van der Waals surface area (Å²) >= 11 is 0. The molecule has 1 saturated carbocycles. The SMILES string of the molecule is O=C(CC(NC(=O)OCC1c2ccccc2-c2ccccc21)C1CCC1)N[C@@H](CCO)C(=O)O. The van der Waals surface area contributed by atoms with Gasteiger partial charge in [-0.2, -0.15) is 0 Å². The topological polar surface area (TPSA) is 125 Å². The molecule has 8 heteroatoms. The molecule has 0 radical (unpaired) electrons. The van der Waals surface area contributed by atoms with E-state index in [1.54, 1.807) is 0 Å². The van der Waals surface area contributed by atoms with Crippen LogP contribution >= 0.6 is 0 Å². The highest BCUT2D eigenvalue weighted by molar-refractivity contribution is 5.84. The summed E-state index contributed by atoms with van der Waals surface area (Å²) in [5.74, 6) is -1.59. The van der Waals surface area contributed by atoms with Crippen LogP contribution < -0.4 is 10.6 Å². The van der Waals surface area contributed by atoms with Crippen molar-refractivity contribution in [1.29, 1.82) is 0 Å². The van der Waals surface area contributed by atoms with Crippen LogP contribution in [0.4, 0.5) is 4.79 Å². The predicted octanol–water partition coefficient (Wildman–Crippen LogP) is 3.04. The normalized spacial score (nSPS) is 16.5. The lowest BCUT2D eigenvalue weighted by Gasteiger charge is -2.34. The van der Waals surface area contributed by atoms with E-state index in [2.05, 4.69) is 22.8 Å². The number of aliphatic carboxylic acids is 1. The Hall–Kier alpha value is -3.39. The van der Waals surface area contributed by atoms with E-state index in [0.717, 1.165) is 41.5 Å². The zero-order valence-electron chi connectivity index (χ0n) is 18.9. The molecule has 2 aromatic rings. The second-order valence-corrected chi connectivity index (χ2v) is 8.94. The van der Waals surface area contributed by atoms with Gasteiger partial charge in [0, 0.05) is 31.4 Å². The predicted molar refractivity (Wildman–Crippen MR) is 125 cm³/mol. The summed E-state index contributed by atoms with van der Waals surface area (Å²) in [4.78, 5) is 36.4. The van der Waals surface area contributed by atoms with E-state index in [1.807, 2.05) is 36.4 Å². The number of nitrogens with one attached hydrogen (secondary N) is 2. The van der Waals surface area contributed by atoms with Gasteiger partial charge in [0.1, 0.15) is 12.6 Å². The van der Waals surface area contributed by atoms with Crippen LogP contribution in [0.1, 0.15) is 49.1 Å². The van der Waals surface area contributed by atoms with E-state index in [0.29, 0.717) is 0 Å². The van der Waals surface area contributed by atoms with E-state index in [9.17, 15) is 19.5 Å². The molecule has 2 aliphatic rings. The Labute approximate surface area is 198 Å². The highest BCUT2D eigenvalue weighted by atomic mass is 16.5. The van der Waals surface area contributed by atoms with Crippen LogP contribution in [0.15, 0.2) is 48.5 Å². The van der Waals surface area contributed by atoms with Crippen LogP contribution in [-0.2, 0) is 14.3 Å². The lowest BCUT2D eigenvalue weighted by molar-refractivity contribution is -0.142. The summed E-state index contributed by atoms with van der Waals surface area (Å²) in [6, 6.07) is 14.6. The summed E-state index contributed by atoms with van der Waals surface area (Å²) in [5.41, 5.74) is 4.53. The van der Waals surface area contributed by atoms with Gasteiger partial charge in [0.2, 0.25) is 5.91 Å². The van der Waals surface area contributed by atoms with Crippen molar-refractivity contribution in [3.05, 3.63) is 59.7 Å². The standard InChI is InChI=1S/C26H30N2O6/c29-13-12-22(25(31)32)27-24(30)14-23(16-6-5-7-16)28-26(33)34-15-21-19-10-3-1-8-17(19)18-9-2-4-11-20(18)21/h1-4,8-11,16,21-23,29H,5-7,12-15H2,(H,27,30)(H,28,33)(H,31,32)/t22-,23?/m0/s1. The molecule has 0 bridgehead atoms. The van der Waals surface area contributed by atoms with E-state index in [-0.39, 0.29) is 37.9 Å². The van der Waals surface area contributed by atoms with Gasteiger partial charge in [-0.05, 0) is 41.0 Å². The fourth-order valence-electron chi connectivity index (χ4n) is 4.81. The lowest BCUT2D eigenvalue weighted by Crippen LogP contribution is -2.48. The number of hydrogen-bond donors (Lipinski definition) is 4. The Morgan fingerprint density at radius 2 is 1.59 bits per heavy atom. The molecule has 0 heterocycles. The van der Waals surface area contributed by atoms with Crippen LogP contribution in [-0.4, -0.2) is 53.5 Å². The van der Waals surface area contributed by atoms with Gasteiger partial charge in [-0.15, -0.1) is 0 Å². The fraction of sp³-hybridized carbons (Fsp3) is 0.423. The monoisotopic (exact) mass is 466 g/mol. The van der Waals surface area contributed by atoms with Crippen molar-refractivity contribution in [3.63, 3.8) is 0 Å². The third kappa shape index (κ3) is 5.22. The Kier molecular flexibility index (Phi) is 7.47. The molecule has 2 aromatic carbocycles. The molecule has 1 unspecified atom stereocenters. The molecule has 2 aliphatic carbocycles. The number of carbonyl (C=O) groups excluding carboxylic acids is 2. The molecule has 0 spiro atoms. The molecule has 8 nitrogen and oxygen atoms in total. The summed E-state index contributed by atoms with van der Waals surface area (Å²) in [5, 5.41) is 23.5. The first-order chi connectivity index (χ1) is 16.5. The molecule has 180 valence electrons. The number of carbonyl (C=O) groups is 3. The largest absolute Gasteiger partial charge is 0.480 e. The van der Waals surface area contributed by atoms with Gasteiger partial charge in [0.15, 0.2) is 0 Å². The molecular formula is C26H30N2O6. The minimum Gasteiger partial charge on any atom is -0.480 e. The van der Waals surface area contributed by atoms with Gasteiger partial charge in [-0.1, -0.05) is 55.0 Å². The summed E-state index contributed by atoms with van der Waals surface area (Å²) in [7, 11) is 0. The van der Waals surface area contributed by atoms with E-state index >= 15 is 0 Å². The fourth-order valence-corrected chi connectivity index (χ4v) is 4.81. The minimum atomic E-state index is -1.20. The minimum absolute atomic E-state index is 0.0376. The third-order valence-corrected chi connectivity index (χ3v) is 6.82. The van der Waals surface area contributed by atoms with Crippen molar-refractivity contribution in [2.75, 3.05) is 13.2 Å². The van der Waals surface area contributed by atoms with E-state index in [4.69, 9.17) is 9.84 Å². The third-order valence-electron chi connectivity index (χ3n) is 6.82. The first-order valence-electron chi connectivity index (χ1n) is 11.7. The van der Waals surface area contributed by atoms with Gasteiger partial charge in [-0.3, -0.25) is 4.79 Å². The smallest absolute Gasteiger partial charge is 0.407 e. The average molecular weight is 467 g/mol. The van der Waals surface area contributed by atoms with Crippen molar-refractivity contribution >= 4 is 18.0 Å². The average Bonchev–Trinajstić information content (AvgIpc) is 3.10.